The predicted molar refractivity (Wildman–Crippen MR) is 82.1 cm³/mol. The van der Waals surface area contributed by atoms with Crippen molar-refractivity contribution in [1.82, 2.24) is 5.32 Å². The Labute approximate surface area is 132 Å². The van der Waals surface area contributed by atoms with Gasteiger partial charge in [-0.1, -0.05) is 13.8 Å². The van der Waals surface area contributed by atoms with Gasteiger partial charge in [0.15, 0.2) is 5.79 Å². The molecular weight excluding hydrogens is 286 g/mol. The maximum atomic E-state index is 11.7. The number of hydrogen-bond donors (Lipinski definition) is 1. The fourth-order valence-corrected chi connectivity index (χ4v) is 2.38. The average Bonchev–Trinajstić information content (AvgIpc) is 2.84. The number of rotatable bonds is 7. The minimum absolute atomic E-state index is 0.126. The van der Waals surface area contributed by atoms with Gasteiger partial charge in [0.25, 0.3) is 0 Å². The van der Waals surface area contributed by atoms with Crippen molar-refractivity contribution in [2.45, 2.75) is 65.5 Å². The molecule has 126 valence electrons. The van der Waals surface area contributed by atoms with Crippen LogP contribution in [0, 0.1) is 0 Å². The molecule has 6 nitrogen and oxygen atoms in total. The van der Waals surface area contributed by atoms with Crippen LogP contribution in [0.25, 0.3) is 0 Å². The Bertz CT molecular complexity index is 428. The highest BCUT2D eigenvalue weighted by molar-refractivity contribution is 5.87. The largest absolute Gasteiger partial charge is 0.463 e. The molecule has 1 fully saturated rings. The first kappa shape index (κ1) is 18.6. The Morgan fingerprint density at radius 3 is 2.32 bits per heavy atom. The molecule has 1 aliphatic rings. The van der Waals surface area contributed by atoms with Gasteiger partial charge in [-0.15, -0.1) is 0 Å². The molecule has 1 saturated heterocycles. The lowest BCUT2D eigenvalue weighted by atomic mass is 10.1. The van der Waals surface area contributed by atoms with Gasteiger partial charge in [0.2, 0.25) is 5.91 Å². The highest BCUT2D eigenvalue weighted by Crippen LogP contribution is 2.35. The Hall–Kier alpha value is -1.40. The van der Waals surface area contributed by atoms with Crippen LogP contribution in [0.2, 0.25) is 0 Å². The molecule has 0 saturated carbocycles. The lowest BCUT2D eigenvalue weighted by Gasteiger charge is -2.25. The maximum absolute atomic E-state index is 11.7. The molecule has 2 atom stereocenters. The maximum Gasteiger partial charge on any atom is 0.333 e. The summed E-state index contributed by atoms with van der Waals surface area (Å²) in [6.07, 6.45) is 2.40. The predicted octanol–water partition coefficient (Wildman–Crippen LogP) is 1.93. The van der Waals surface area contributed by atoms with Crippen LogP contribution in [0.5, 0.6) is 0 Å². The van der Waals surface area contributed by atoms with Crippen LogP contribution in [-0.2, 0) is 23.8 Å². The second-order valence-electron chi connectivity index (χ2n) is 5.36. The normalized spacial score (nSPS) is 24.1. The second-order valence-corrected chi connectivity index (χ2v) is 5.36. The summed E-state index contributed by atoms with van der Waals surface area (Å²) < 4.78 is 17.0. The highest BCUT2D eigenvalue weighted by atomic mass is 16.8. The number of hydrogen-bond acceptors (Lipinski definition) is 5. The van der Waals surface area contributed by atoms with E-state index in [1.165, 1.54) is 6.92 Å². The smallest absolute Gasteiger partial charge is 0.333 e. The summed E-state index contributed by atoms with van der Waals surface area (Å²) in [5.41, 5.74) is 0.478. The zero-order chi connectivity index (χ0) is 16.8. The van der Waals surface area contributed by atoms with E-state index < -0.39 is 11.9 Å². The molecule has 0 aromatic carbocycles. The van der Waals surface area contributed by atoms with Gasteiger partial charge < -0.3 is 19.5 Å². The molecule has 0 unspecified atom stereocenters. The molecule has 0 aliphatic carbocycles. The first-order chi connectivity index (χ1) is 10.4. The quantitative estimate of drug-likeness (QED) is 0.574. The number of amides is 1. The van der Waals surface area contributed by atoms with Gasteiger partial charge in [-0.3, -0.25) is 4.79 Å². The summed E-state index contributed by atoms with van der Waals surface area (Å²) in [6, 6.07) is 0. The summed E-state index contributed by atoms with van der Waals surface area (Å²) in [4.78, 5) is 22.9. The third-order valence-corrected chi connectivity index (χ3v) is 3.72. The van der Waals surface area contributed by atoms with Crippen LogP contribution in [0.15, 0.2) is 11.6 Å². The molecule has 0 radical (unpaired) electrons. The van der Waals surface area contributed by atoms with Crippen LogP contribution < -0.4 is 5.32 Å². The van der Waals surface area contributed by atoms with Crippen molar-refractivity contribution in [3.8, 4) is 0 Å². The van der Waals surface area contributed by atoms with Crippen molar-refractivity contribution in [2.24, 2.45) is 0 Å². The molecule has 0 aromatic rings. The molecule has 0 bridgehead atoms. The zero-order valence-electron chi connectivity index (χ0n) is 14.1. The number of ether oxygens (including phenoxy) is 3. The molecule has 6 heteroatoms. The van der Waals surface area contributed by atoms with E-state index in [0.717, 1.165) is 0 Å². The first-order valence-corrected chi connectivity index (χ1v) is 7.83. The topological polar surface area (TPSA) is 73.9 Å². The monoisotopic (exact) mass is 313 g/mol. The summed E-state index contributed by atoms with van der Waals surface area (Å²) >= 11 is 0. The third-order valence-electron chi connectivity index (χ3n) is 3.72. The van der Waals surface area contributed by atoms with Gasteiger partial charge >= 0.3 is 5.97 Å². The molecule has 1 heterocycles. The molecule has 0 aromatic heterocycles. The molecule has 1 N–H and O–H groups in total. The Morgan fingerprint density at radius 1 is 1.18 bits per heavy atom. The van der Waals surface area contributed by atoms with Crippen molar-refractivity contribution in [2.75, 3.05) is 13.2 Å². The molecule has 1 rings (SSSR count). The van der Waals surface area contributed by atoms with Gasteiger partial charge in [0.05, 0.1) is 6.61 Å². The molecular formula is C16H27NO5. The molecule has 22 heavy (non-hydrogen) atoms. The zero-order valence-corrected chi connectivity index (χ0v) is 14.1. The number of esters is 1. The first-order valence-electron chi connectivity index (χ1n) is 7.83. The molecule has 0 spiro atoms. The molecule has 1 aliphatic heterocycles. The van der Waals surface area contributed by atoms with E-state index in [1.54, 1.807) is 19.9 Å². The SMILES string of the molecule is CCOC(=O)/C(C)=C/[C@@H]1OC(CC)(CC)O[C@H]1CNC(C)=O. The summed E-state index contributed by atoms with van der Waals surface area (Å²) in [6.45, 7) is 9.56. The minimum Gasteiger partial charge on any atom is -0.463 e. The highest BCUT2D eigenvalue weighted by Gasteiger charge is 2.44. The van der Waals surface area contributed by atoms with Crippen LogP contribution in [0.4, 0.5) is 0 Å². The van der Waals surface area contributed by atoms with Crippen molar-refractivity contribution in [3.05, 3.63) is 11.6 Å². The number of carbonyl (C=O) groups excluding carboxylic acids is 2. The second kappa shape index (κ2) is 8.29. The Balaban J connectivity index is 2.88. The van der Waals surface area contributed by atoms with Crippen LogP contribution in [0.3, 0.4) is 0 Å². The number of carbonyl (C=O) groups is 2. The van der Waals surface area contributed by atoms with Crippen molar-refractivity contribution in [3.63, 3.8) is 0 Å². The summed E-state index contributed by atoms with van der Waals surface area (Å²) in [5.74, 6) is -1.16. The van der Waals surface area contributed by atoms with Gasteiger partial charge in [-0.05, 0) is 32.8 Å². The van der Waals surface area contributed by atoms with E-state index in [2.05, 4.69) is 5.32 Å². The van der Waals surface area contributed by atoms with Crippen molar-refractivity contribution >= 4 is 11.9 Å². The fraction of sp³-hybridized carbons (Fsp3) is 0.750. The van der Waals surface area contributed by atoms with Crippen LogP contribution in [-0.4, -0.2) is 43.0 Å². The molecule has 1 amide bonds. The van der Waals surface area contributed by atoms with Gasteiger partial charge in [-0.25, -0.2) is 4.79 Å². The van der Waals surface area contributed by atoms with E-state index in [1.807, 2.05) is 13.8 Å². The van der Waals surface area contributed by atoms with Crippen molar-refractivity contribution < 1.29 is 23.8 Å². The standard InChI is InChI=1S/C16H27NO5/c1-6-16(7-2)21-13(9-11(4)15(19)20-8-3)14(22-16)10-17-12(5)18/h9,13-14H,6-8,10H2,1-5H3,(H,17,18)/b11-9+/t13-,14-/m0/s1. The summed E-state index contributed by atoms with van der Waals surface area (Å²) in [7, 11) is 0. The van der Waals surface area contributed by atoms with Gasteiger partial charge in [0.1, 0.15) is 12.2 Å². The number of nitrogens with one attached hydrogen (secondary N) is 1. The van der Waals surface area contributed by atoms with Gasteiger partial charge in [-0.2, -0.15) is 0 Å². The fourth-order valence-electron chi connectivity index (χ4n) is 2.38. The van der Waals surface area contributed by atoms with E-state index in [0.29, 0.717) is 31.6 Å². The van der Waals surface area contributed by atoms with Crippen molar-refractivity contribution in [1.29, 1.82) is 0 Å². The summed E-state index contributed by atoms with van der Waals surface area (Å²) in [5, 5.41) is 2.74. The Morgan fingerprint density at radius 2 is 1.82 bits per heavy atom. The van der Waals surface area contributed by atoms with Crippen LogP contribution in [0.1, 0.15) is 47.5 Å². The Kier molecular flexibility index (Phi) is 7.03. The lowest BCUT2D eigenvalue weighted by molar-refractivity contribution is -0.176. The van der Waals surface area contributed by atoms with E-state index in [-0.39, 0.29) is 18.0 Å². The minimum atomic E-state index is -0.667. The van der Waals surface area contributed by atoms with Crippen LogP contribution >= 0.6 is 0 Å². The average molecular weight is 313 g/mol. The van der Waals surface area contributed by atoms with E-state index in [4.69, 9.17) is 14.2 Å². The van der Waals surface area contributed by atoms with Gasteiger partial charge in [0, 0.05) is 19.0 Å². The van der Waals surface area contributed by atoms with E-state index in [9.17, 15) is 9.59 Å². The van der Waals surface area contributed by atoms with E-state index >= 15 is 0 Å². The lowest BCUT2D eigenvalue weighted by Crippen LogP contribution is -2.36. The third kappa shape index (κ3) is 4.81.